The molecule has 0 atom stereocenters. The average molecular weight is 280 g/mol. The molecule has 0 spiro atoms. The molecular weight excluding hydrogens is 266 g/mol. The first-order valence-corrected chi connectivity index (χ1v) is 6.65. The van der Waals surface area contributed by atoms with E-state index in [2.05, 4.69) is 10.3 Å². The van der Waals surface area contributed by atoms with Gasteiger partial charge in [0.25, 0.3) is 0 Å². The molecule has 0 bridgehead atoms. The van der Waals surface area contributed by atoms with Crippen molar-refractivity contribution in [1.82, 2.24) is 10.3 Å². The second kappa shape index (κ2) is 6.12. The fraction of sp³-hybridized carbons (Fsp3) is 0.214. The molecule has 0 radical (unpaired) electrons. The summed E-state index contributed by atoms with van der Waals surface area (Å²) in [5.74, 6) is -1.14. The predicted octanol–water partition coefficient (Wildman–Crippen LogP) is 3.54. The van der Waals surface area contributed by atoms with Gasteiger partial charge < -0.3 is 5.32 Å². The molecule has 2 nitrogen and oxygen atoms in total. The van der Waals surface area contributed by atoms with Crippen LogP contribution in [0.5, 0.6) is 0 Å². The van der Waals surface area contributed by atoms with Crippen molar-refractivity contribution in [2.24, 2.45) is 0 Å². The lowest BCUT2D eigenvalue weighted by Crippen LogP contribution is -2.05. The van der Waals surface area contributed by atoms with E-state index in [9.17, 15) is 8.78 Å². The number of hydrogen-bond acceptors (Lipinski definition) is 3. The fourth-order valence-corrected chi connectivity index (χ4v) is 2.52. The molecule has 0 fully saturated rings. The van der Waals surface area contributed by atoms with Crippen molar-refractivity contribution in [2.75, 3.05) is 7.05 Å². The maximum atomic E-state index is 13.6. The molecule has 0 aliphatic heterocycles. The highest BCUT2D eigenvalue weighted by atomic mass is 32.2. The molecule has 5 heteroatoms. The van der Waals surface area contributed by atoms with Crippen LogP contribution in [0.2, 0.25) is 0 Å². The Kier molecular flexibility index (Phi) is 4.50. The van der Waals surface area contributed by atoms with Crippen LogP contribution in [-0.4, -0.2) is 12.0 Å². The van der Waals surface area contributed by atoms with Gasteiger partial charge >= 0.3 is 0 Å². The van der Waals surface area contributed by atoms with Crippen LogP contribution in [0.25, 0.3) is 0 Å². The van der Waals surface area contributed by atoms with Crippen molar-refractivity contribution in [3.05, 3.63) is 53.2 Å². The fourth-order valence-electron chi connectivity index (χ4n) is 1.69. The lowest BCUT2D eigenvalue weighted by Gasteiger charge is -2.08. The Morgan fingerprint density at radius 1 is 1.26 bits per heavy atom. The molecule has 2 rings (SSSR count). The van der Waals surface area contributed by atoms with Crippen LogP contribution in [0.1, 0.15) is 11.1 Å². The SMILES string of the molecule is CNCc1cnc(Sc2ccc(F)cc2F)c(C)c1. The predicted molar refractivity (Wildman–Crippen MR) is 72.2 cm³/mol. The van der Waals surface area contributed by atoms with Gasteiger partial charge in [-0.1, -0.05) is 17.8 Å². The zero-order chi connectivity index (χ0) is 13.8. The summed E-state index contributed by atoms with van der Waals surface area (Å²) in [4.78, 5) is 4.69. The van der Waals surface area contributed by atoms with E-state index in [0.717, 1.165) is 28.8 Å². The van der Waals surface area contributed by atoms with Crippen molar-refractivity contribution in [2.45, 2.75) is 23.4 Å². The van der Waals surface area contributed by atoms with E-state index >= 15 is 0 Å². The van der Waals surface area contributed by atoms with Gasteiger partial charge in [0.05, 0.1) is 0 Å². The molecule has 1 aromatic carbocycles. The van der Waals surface area contributed by atoms with Crippen LogP contribution in [0, 0.1) is 18.6 Å². The van der Waals surface area contributed by atoms with E-state index in [-0.39, 0.29) is 0 Å². The minimum absolute atomic E-state index is 0.373. The van der Waals surface area contributed by atoms with Gasteiger partial charge in [-0.15, -0.1) is 0 Å². The van der Waals surface area contributed by atoms with E-state index < -0.39 is 11.6 Å². The number of pyridine rings is 1. The van der Waals surface area contributed by atoms with Crippen molar-refractivity contribution < 1.29 is 8.78 Å². The normalized spacial score (nSPS) is 10.7. The Morgan fingerprint density at radius 3 is 2.68 bits per heavy atom. The van der Waals surface area contributed by atoms with Gasteiger partial charge in [-0.3, -0.25) is 0 Å². The average Bonchev–Trinajstić information content (AvgIpc) is 2.36. The molecule has 1 aromatic heterocycles. The first-order valence-electron chi connectivity index (χ1n) is 5.83. The second-order valence-corrected chi connectivity index (χ2v) is 5.20. The topological polar surface area (TPSA) is 24.9 Å². The van der Waals surface area contributed by atoms with Crippen molar-refractivity contribution in [3.8, 4) is 0 Å². The summed E-state index contributed by atoms with van der Waals surface area (Å²) in [5, 5.41) is 3.77. The minimum Gasteiger partial charge on any atom is -0.316 e. The highest BCUT2D eigenvalue weighted by molar-refractivity contribution is 7.99. The first-order chi connectivity index (χ1) is 9.10. The standard InChI is InChI=1S/C14H14F2N2S/c1-9-5-10(7-17-2)8-18-14(9)19-13-4-3-11(15)6-12(13)16/h3-6,8,17H,7H2,1-2H3. The molecule has 19 heavy (non-hydrogen) atoms. The Labute approximate surface area is 115 Å². The maximum absolute atomic E-state index is 13.6. The van der Waals surface area contributed by atoms with Gasteiger partial charge in [-0.2, -0.15) is 0 Å². The van der Waals surface area contributed by atoms with E-state index in [1.54, 1.807) is 6.20 Å². The third kappa shape index (κ3) is 3.52. The van der Waals surface area contributed by atoms with Crippen LogP contribution in [0.3, 0.4) is 0 Å². The lowest BCUT2D eigenvalue weighted by atomic mass is 10.2. The number of rotatable bonds is 4. The summed E-state index contributed by atoms with van der Waals surface area (Å²) in [7, 11) is 1.87. The number of nitrogens with zero attached hydrogens (tertiary/aromatic N) is 1. The monoisotopic (exact) mass is 280 g/mol. The minimum atomic E-state index is -0.573. The van der Waals surface area contributed by atoms with E-state index in [0.29, 0.717) is 4.90 Å². The van der Waals surface area contributed by atoms with E-state index in [1.807, 2.05) is 20.0 Å². The van der Waals surface area contributed by atoms with Gasteiger partial charge in [0, 0.05) is 23.7 Å². The highest BCUT2D eigenvalue weighted by Gasteiger charge is 2.09. The molecular formula is C14H14F2N2S. The van der Waals surface area contributed by atoms with Crippen LogP contribution >= 0.6 is 11.8 Å². The molecule has 1 N–H and O–H groups in total. The third-order valence-corrected chi connectivity index (χ3v) is 3.74. The van der Waals surface area contributed by atoms with Gasteiger partial charge in [0.2, 0.25) is 0 Å². The molecule has 100 valence electrons. The number of aromatic nitrogens is 1. The van der Waals surface area contributed by atoms with Crippen LogP contribution in [0.15, 0.2) is 40.4 Å². The largest absolute Gasteiger partial charge is 0.316 e. The van der Waals surface area contributed by atoms with Gasteiger partial charge in [0.1, 0.15) is 16.7 Å². The molecule has 2 aromatic rings. The zero-order valence-corrected chi connectivity index (χ0v) is 11.5. The van der Waals surface area contributed by atoms with Gasteiger partial charge in [-0.05, 0) is 37.2 Å². The molecule has 0 aliphatic carbocycles. The Bertz CT molecular complexity index is 588. The van der Waals surface area contributed by atoms with Gasteiger partial charge in [0.15, 0.2) is 0 Å². The summed E-state index contributed by atoms with van der Waals surface area (Å²) in [6.07, 6.45) is 1.76. The highest BCUT2D eigenvalue weighted by Crippen LogP contribution is 2.30. The molecule has 0 saturated heterocycles. The summed E-state index contributed by atoms with van der Waals surface area (Å²) in [6, 6.07) is 5.56. The van der Waals surface area contributed by atoms with E-state index in [1.165, 1.54) is 23.9 Å². The number of nitrogens with one attached hydrogen (secondary N) is 1. The van der Waals surface area contributed by atoms with E-state index in [4.69, 9.17) is 0 Å². The smallest absolute Gasteiger partial charge is 0.140 e. The van der Waals surface area contributed by atoms with Crippen LogP contribution in [0.4, 0.5) is 8.78 Å². The molecule has 1 heterocycles. The second-order valence-electron chi connectivity index (χ2n) is 4.17. The van der Waals surface area contributed by atoms with Gasteiger partial charge in [-0.25, -0.2) is 13.8 Å². The Morgan fingerprint density at radius 2 is 2.05 bits per heavy atom. The van der Waals surface area contributed by atoms with Crippen LogP contribution in [-0.2, 0) is 6.54 Å². The molecule has 0 saturated carbocycles. The zero-order valence-electron chi connectivity index (χ0n) is 10.7. The number of benzene rings is 1. The quantitative estimate of drug-likeness (QED) is 0.927. The summed E-state index contributed by atoms with van der Waals surface area (Å²) in [5.41, 5.74) is 2.05. The maximum Gasteiger partial charge on any atom is 0.140 e. The molecule has 0 unspecified atom stereocenters. The number of halogens is 2. The summed E-state index contributed by atoms with van der Waals surface area (Å²) in [6.45, 7) is 2.67. The van der Waals surface area contributed by atoms with Crippen molar-refractivity contribution >= 4 is 11.8 Å². The molecule has 0 aliphatic rings. The lowest BCUT2D eigenvalue weighted by molar-refractivity contribution is 0.565. The Hall–Kier alpha value is -1.46. The molecule has 0 amide bonds. The Balaban J connectivity index is 2.23. The van der Waals surface area contributed by atoms with Crippen molar-refractivity contribution in [3.63, 3.8) is 0 Å². The third-order valence-electron chi connectivity index (χ3n) is 2.57. The van der Waals surface area contributed by atoms with Crippen molar-refractivity contribution in [1.29, 1.82) is 0 Å². The van der Waals surface area contributed by atoms with Crippen LogP contribution < -0.4 is 5.32 Å². The summed E-state index contributed by atoms with van der Waals surface area (Å²) < 4.78 is 26.4. The first kappa shape index (κ1) is 14.0. The number of hydrogen-bond donors (Lipinski definition) is 1. The summed E-state index contributed by atoms with van der Waals surface area (Å²) >= 11 is 1.20. The number of aryl methyl sites for hydroxylation is 1.